The standard InChI is InChI=1S/C13H28N2O/c1-4-5-11(2)13(10-14)15(3)12-6-8-16-9-7-12/h11-13H,4-10,14H2,1-3H3. The molecule has 96 valence electrons. The zero-order valence-electron chi connectivity index (χ0n) is 11.1. The number of ether oxygens (including phenoxy) is 1. The average Bonchev–Trinajstić information content (AvgIpc) is 2.31. The Morgan fingerprint density at radius 3 is 2.50 bits per heavy atom. The molecule has 1 saturated heterocycles. The molecule has 1 fully saturated rings. The predicted molar refractivity (Wildman–Crippen MR) is 68.5 cm³/mol. The summed E-state index contributed by atoms with van der Waals surface area (Å²) in [6.45, 7) is 7.17. The van der Waals surface area contributed by atoms with Crippen LogP contribution >= 0.6 is 0 Å². The van der Waals surface area contributed by atoms with Gasteiger partial charge in [0.2, 0.25) is 0 Å². The Morgan fingerprint density at radius 2 is 2.00 bits per heavy atom. The van der Waals surface area contributed by atoms with E-state index in [4.69, 9.17) is 10.5 Å². The zero-order chi connectivity index (χ0) is 12.0. The predicted octanol–water partition coefficient (Wildman–Crippen LogP) is 1.86. The van der Waals surface area contributed by atoms with Crippen LogP contribution in [0.25, 0.3) is 0 Å². The second kappa shape index (κ2) is 7.25. The first-order chi connectivity index (χ1) is 7.70. The maximum absolute atomic E-state index is 5.94. The summed E-state index contributed by atoms with van der Waals surface area (Å²) in [5.74, 6) is 0.697. The normalized spacial score (nSPS) is 22.3. The zero-order valence-corrected chi connectivity index (χ0v) is 11.1. The molecule has 0 amide bonds. The fraction of sp³-hybridized carbons (Fsp3) is 1.00. The molecular weight excluding hydrogens is 200 g/mol. The maximum Gasteiger partial charge on any atom is 0.0480 e. The molecule has 1 aliphatic heterocycles. The quantitative estimate of drug-likeness (QED) is 0.754. The second-order valence-corrected chi connectivity index (χ2v) is 5.08. The average molecular weight is 228 g/mol. The molecule has 2 unspecified atom stereocenters. The van der Waals surface area contributed by atoms with Crippen LogP contribution in [0, 0.1) is 5.92 Å². The van der Waals surface area contributed by atoms with E-state index in [0.717, 1.165) is 32.6 Å². The maximum atomic E-state index is 5.94. The van der Waals surface area contributed by atoms with Gasteiger partial charge in [-0.05, 0) is 32.2 Å². The molecule has 0 spiro atoms. The van der Waals surface area contributed by atoms with E-state index >= 15 is 0 Å². The number of likely N-dealkylation sites (N-methyl/N-ethyl adjacent to an activating group) is 1. The smallest absolute Gasteiger partial charge is 0.0480 e. The van der Waals surface area contributed by atoms with Crippen LogP contribution in [0.3, 0.4) is 0 Å². The lowest BCUT2D eigenvalue weighted by Gasteiger charge is -2.39. The number of hydrogen-bond donors (Lipinski definition) is 1. The Morgan fingerprint density at radius 1 is 1.38 bits per heavy atom. The van der Waals surface area contributed by atoms with Crippen molar-refractivity contribution in [1.29, 1.82) is 0 Å². The highest BCUT2D eigenvalue weighted by Gasteiger charge is 2.27. The van der Waals surface area contributed by atoms with Crippen molar-refractivity contribution in [3.63, 3.8) is 0 Å². The first-order valence-corrected chi connectivity index (χ1v) is 6.70. The lowest BCUT2D eigenvalue weighted by Crippen LogP contribution is -2.49. The Bertz CT molecular complexity index is 181. The molecule has 0 saturated carbocycles. The van der Waals surface area contributed by atoms with Gasteiger partial charge in [0.05, 0.1) is 0 Å². The summed E-state index contributed by atoms with van der Waals surface area (Å²) in [6.07, 6.45) is 4.84. The lowest BCUT2D eigenvalue weighted by atomic mass is 9.93. The van der Waals surface area contributed by atoms with Crippen LogP contribution in [0.5, 0.6) is 0 Å². The van der Waals surface area contributed by atoms with Crippen molar-refractivity contribution in [2.24, 2.45) is 11.7 Å². The fourth-order valence-corrected chi connectivity index (χ4v) is 2.81. The fourth-order valence-electron chi connectivity index (χ4n) is 2.81. The van der Waals surface area contributed by atoms with Crippen LogP contribution in [0.4, 0.5) is 0 Å². The molecule has 1 rings (SSSR count). The number of nitrogens with two attached hydrogens (primary N) is 1. The molecule has 0 bridgehead atoms. The van der Waals surface area contributed by atoms with Crippen LogP contribution < -0.4 is 5.73 Å². The highest BCUT2D eigenvalue weighted by Crippen LogP contribution is 2.21. The largest absolute Gasteiger partial charge is 0.381 e. The van der Waals surface area contributed by atoms with Gasteiger partial charge < -0.3 is 10.5 Å². The van der Waals surface area contributed by atoms with E-state index in [1.54, 1.807) is 0 Å². The second-order valence-electron chi connectivity index (χ2n) is 5.08. The van der Waals surface area contributed by atoms with Gasteiger partial charge in [-0.3, -0.25) is 4.90 Å². The van der Waals surface area contributed by atoms with Gasteiger partial charge in [0.1, 0.15) is 0 Å². The monoisotopic (exact) mass is 228 g/mol. The first kappa shape index (κ1) is 13.9. The van der Waals surface area contributed by atoms with Gasteiger partial charge in [-0.25, -0.2) is 0 Å². The molecule has 2 N–H and O–H groups in total. The first-order valence-electron chi connectivity index (χ1n) is 6.70. The van der Waals surface area contributed by atoms with Crippen LogP contribution in [-0.2, 0) is 4.74 Å². The summed E-state index contributed by atoms with van der Waals surface area (Å²) in [7, 11) is 2.24. The summed E-state index contributed by atoms with van der Waals surface area (Å²) < 4.78 is 5.41. The summed E-state index contributed by atoms with van der Waals surface area (Å²) in [5.41, 5.74) is 5.94. The summed E-state index contributed by atoms with van der Waals surface area (Å²) >= 11 is 0. The molecule has 1 heterocycles. The van der Waals surface area contributed by atoms with Crippen molar-refractivity contribution in [1.82, 2.24) is 4.90 Å². The summed E-state index contributed by atoms with van der Waals surface area (Å²) in [4.78, 5) is 2.50. The number of rotatable bonds is 6. The van der Waals surface area contributed by atoms with Gasteiger partial charge in [-0.15, -0.1) is 0 Å². The van der Waals surface area contributed by atoms with Crippen LogP contribution in [0.2, 0.25) is 0 Å². The molecule has 16 heavy (non-hydrogen) atoms. The lowest BCUT2D eigenvalue weighted by molar-refractivity contribution is 0.0197. The van der Waals surface area contributed by atoms with Gasteiger partial charge in [0, 0.05) is 31.8 Å². The van der Waals surface area contributed by atoms with E-state index in [0.29, 0.717) is 18.0 Å². The van der Waals surface area contributed by atoms with Crippen LogP contribution in [-0.4, -0.2) is 43.8 Å². The molecule has 0 aromatic carbocycles. The topological polar surface area (TPSA) is 38.5 Å². The van der Waals surface area contributed by atoms with E-state index in [-0.39, 0.29) is 0 Å². The molecule has 0 aliphatic carbocycles. The number of nitrogens with zero attached hydrogens (tertiary/aromatic N) is 1. The highest BCUT2D eigenvalue weighted by molar-refractivity contribution is 4.82. The highest BCUT2D eigenvalue weighted by atomic mass is 16.5. The van der Waals surface area contributed by atoms with Crippen LogP contribution in [0.15, 0.2) is 0 Å². The summed E-state index contributed by atoms with van der Waals surface area (Å²) in [5, 5.41) is 0. The van der Waals surface area contributed by atoms with Gasteiger partial charge in [0.25, 0.3) is 0 Å². The van der Waals surface area contributed by atoms with E-state index < -0.39 is 0 Å². The van der Waals surface area contributed by atoms with Gasteiger partial charge in [-0.1, -0.05) is 20.3 Å². The van der Waals surface area contributed by atoms with Crippen molar-refractivity contribution >= 4 is 0 Å². The third-order valence-electron chi connectivity index (χ3n) is 3.93. The molecule has 3 heteroatoms. The molecular formula is C13H28N2O. The minimum absolute atomic E-state index is 0.531. The Labute approximate surface area is 100 Å². The Balaban J connectivity index is 2.49. The van der Waals surface area contributed by atoms with E-state index in [1.807, 2.05) is 0 Å². The van der Waals surface area contributed by atoms with E-state index in [1.165, 1.54) is 12.8 Å². The van der Waals surface area contributed by atoms with Crippen molar-refractivity contribution in [2.75, 3.05) is 26.8 Å². The van der Waals surface area contributed by atoms with Crippen molar-refractivity contribution in [2.45, 2.75) is 51.6 Å². The third-order valence-corrected chi connectivity index (χ3v) is 3.93. The van der Waals surface area contributed by atoms with Crippen molar-refractivity contribution in [3.05, 3.63) is 0 Å². The summed E-state index contributed by atoms with van der Waals surface area (Å²) in [6, 6.07) is 1.20. The molecule has 0 aromatic rings. The minimum Gasteiger partial charge on any atom is -0.381 e. The van der Waals surface area contributed by atoms with E-state index in [9.17, 15) is 0 Å². The van der Waals surface area contributed by atoms with Gasteiger partial charge in [-0.2, -0.15) is 0 Å². The Hall–Kier alpha value is -0.120. The van der Waals surface area contributed by atoms with Gasteiger partial charge in [0.15, 0.2) is 0 Å². The molecule has 1 aliphatic rings. The molecule has 3 nitrogen and oxygen atoms in total. The SMILES string of the molecule is CCCC(C)C(CN)N(C)C1CCOCC1. The molecule has 2 atom stereocenters. The number of hydrogen-bond acceptors (Lipinski definition) is 3. The Kier molecular flexibility index (Phi) is 6.32. The molecule has 0 radical (unpaired) electrons. The van der Waals surface area contributed by atoms with Crippen molar-refractivity contribution < 1.29 is 4.74 Å². The van der Waals surface area contributed by atoms with E-state index in [2.05, 4.69) is 25.8 Å². The third kappa shape index (κ3) is 3.72. The minimum atomic E-state index is 0.531. The molecule has 0 aromatic heterocycles. The van der Waals surface area contributed by atoms with Crippen LogP contribution in [0.1, 0.15) is 39.5 Å². The van der Waals surface area contributed by atoms with Gasteiger partial charge >= 0.3 is 0 Å². The van der Waals surface area contributed by atoms with Crippen molar-refractivity contribution in [3.8, 4) is 0 Å².